The van der Waals surface area contributed by atoms with Crippen LogP contribution in [0.25, 0.3) is 60.6 Å². The van der Waals surface area contributed by atoms with E-state index in [2.05, 4.69) is 102 Å². The highest BCUT2D eigenvalue weighted by Gasteiger charge is 2.41. The molecule has 4 aromatic carbocycles. The third kappa shape index (κ3) is 2.23. The third-order valence-electron chi connectivity index (χ3n) is 7.83. The number of benzene rings is 4. The van der Waals surface area contributed by atoms with Gasteiger partial charge in [0, 0.05) is 33.2 Å². The van der Waals surface area contributed by atoms with E-state index in [-0.39, 0.29) is 5.41 Å². The predicted molar refractivity (Wildman–Crippen MR) is 143 cm³/mol. The Morgan fingerprint density at radius 2 is 1.54 bits per heavy atom. The first-order valence-corrected chi connectivity index (χ1v) is 12.1. The molecule has 0 amide bonds. The smallest absolute Gasteiger partial charge is 0.160 e. The van der Waals surface area contributed by atoms with Gasteiger partial charge in [-0.15, -0.1) is 0 Å². The van der Waals surface area contributed by atoms with Crippen molar-refractivity contribution < 1.29 is 4.42 Å². The number of rotatable bonds is 1. The summed E-state index contributed by atoms with van der Waals surface area (Å²) in [6.07, 6.45) is 3.76. The van der Waals surface area contributed by atoms with Crippen molar-refractivity contribution in [2.24, 2.45) is 0 Å². The second kappa shape index (κ2) is 6.39. The molecule has 35 heavy (non-hydrogen) atoms. The molecule has 7 aromatic rings. The Kier molecular flexibility index (Phi) is 3.47. The summed E-state index contributed by atoms with van der Waals surface area (Å²) in [5, 5.41) is 4.88. The summed E-state index contributed by atoms with van der Waals surface area (Å²) >= 11 is 0. The molecule has 166 valence electrons. The monoisotopic (exact) mass is 450 g/mol. The Hall–Kier alpha value is -4.37. The normalized spacial score (nSPS) is 14.2. The minimum Gasteiger partial charge on any atom is -0.454 e. The van der Waals surface area contributed by atoms with Crippen LogP contribution in [0.2, 0.25) is 0 Å². The Bertz CT molecular complexity index is 1970. The second-order valence-corrected chi connectivity index (χ2v) is 10.0. The summed E-state index contributed by atoms with van der Waals surface area (Å²) in [5.74, 6) is 0. The molecule has 0 N–H and O–H groups in total. The lowest BCUT2D eigenvalue weighted by molar-refractivity contribution is 0.658. The van der Waals surface area contributed by atoms with Gasteiger partial charge >= 0.3 is 0 Å². The standard InChI is InChI=1S/C32H22N2O/c1-32(2)23-14-6-3-11-20(23)26-27-21-12-4-7-15-24(21)34(19-10-9-17-33-18-19)30(27)31-28(29(26)32)22-13-5-8-16-25(22)35-31/h3-18H,1-2H3. The van der Waals surface area contributed by atoms with Crippen molar-refractivity contribution in [2.75, 3.05) is 0 Å². The van der Waals surface area contributed by atoms with E-state index >= 15 is 0 Å². The molecule has 8 rings (SSSR count). The lowest BCUT2D eigenvalue weighted by Gasteiger charge is -2.22. The Morgan fingerprint density at radius 1 is 0.771 bits per heavy atom. The van der Waals surface area contributed by atoms with E-state index in [1.54, 1.807) is 0 Å². The van der Waals surface area contributed by atoms with Gasteiger partial charge in [0.2, 0.25) is 0 Å². The molecule has 0 bridgehead atoms. The zero-order valence-electron chi connectivity index (χ0n) is 19.5. The van der Waals surface area contributed by atoms with Gasteiger partial charge in [-0.05, 0) is 46.5 Å². The van der Waals surface area contributed by atoms with E-state index in [0.717, 1.165) is 27.9 Å². The highest BCUT2D eigenvalue weighted by Crippen LogP contribution is 2.57. The molecule has 3 nitrogen and oxygen atoms in total. The highest BCUT2D eigenvalue weighted by atomic mass is 16.3. The summed E-state index contributed by atoms with van der Waals surface area (Å²) in [6, 6.07) is 30.2. The average Bonchev–Trinajstić information content (AvgIpc) is 3.51. The van der Waals surface area contributed by atoms with E-state index in [1.807, 2.05) is 18.5 Å². The van der Waals surface area contributed by atoms with Crippen LogP contribution >= 0.6 is 0 Å². The summed E-state index contributed by atoms with van der Waals surface area (Å²) in [6.45, 7) is 4.70. The average molecular weight is 451 g/mol. The number of hydrogen-bond acceptors (Lipinski definition) is 2. The van der Waals surface area contributed by atoms with Crippen molar-refractivity contribution in [3.63, 3.8) is 0 Å². The van der Waals surface area contributed by atoms with Crippen molar-refractivity contribution in [3.05, 3.63) is 108 Å². The van der Waals surface area contributed by atoms with Crippen LogP contribution in [0, 0.1) is 0 Å². The molecular weight excluding hydrogens is 428 g/mol. The van der Waals surface area contributed by atoms with Gasteiger partial charge in [0.25, 0.3) is 0 Å². The van der Waals surface area contributed by atoms with Gasteiger partial charge in [-0.3, -0.25) is 4.98 Å². The van der Waals surface area contributed by atoms with Gasteiger partial charge in [-0.1, -0.05) is 74.5 Å². The maximum absolute atomic E-state index is 6.73. The molecule has 3 heterocycles. The molecule has 1 aliphatic rings. The van der Waals surface area contributed by atoms with Crippen LogP contribution in [0.3, 0.4) is 0 Å². The zero-order valence-corrected chi connectivity index (χ0v) is 19.5. The van der Waals surface area contributed by atoms with Gasteiger partial charge < -0.3 is 8.98 Å². The number of pyridine rings is 1. The lowest BCUT2D eigenvalue weighted by Crippen LogP contribution is -2.15. The van der Waals surface area contributed by atoms with E-state index in [9.17, 15) is 0 Å². The van der Waals surface area contributed by atoms with Gasteiger partial charge in [0.1, 0.15) is 5.58 Å². The van der Waals surface area contributed by atoms with E-state index in [0.29, 0.717) is 0 Å². The van der Waals surface area contributed by atoms with Gasteiger partial charge in [0.15, 0.2) is 5.58 Å². The molecule has 1 aliphatic carbocycles. The zero-order chi connectivity index (χ0) is 23.3. The number of para-hydroxylation sites is 2. The van der Waals surface area contributed by atoms with Crippen molar-refractivity contribution in [1.29, 1.82) is 0 Å². The highest BCUT2D eigenvalue weighted by molar-refractivity contribution is 6.29. The minimum absolute atomic E-state index is 0.150. The Labute approximate surface area is 202 Å². The van der Waals surface area contributed by atoms with Crippen LogP contribution in [0.5, 0.6) is 0 Å². The molecule has 0 atom stereocenters. The first kappa shape index (κ1) is 19.0. The van der Waals surface area contributed by atoms with E-state index < -0.39 is 0 Å². The van der Waals surface area contributed by atoms with E-state index in [4.69, 9.17) is 4.42 Å². The number of furan rings is 1. The number of nitrogens with zero attached hydrogens (tertiary/aromatic N) is 2. The van der Waals surface area contributed by atoms with Crippen molar-refractivity contribution >= 4 is 43.7 Å². The quantitative estimate of drug-likeness (QED) is 0.251. The van der Waals surface area contributed by atoms with Crippen LogP contribution < -0.4 is 0 Å². The maximum atomic E-state index is 6.73. The number of hydrogen-bond donors (Lipinski definition) is 0. The Morgan fingerprint density at radius 3 is 2.40 bits per heavy atom. The lowest BCUT2D eigenvalue weighted by atomic mass is 9.80. The second-order valence-electron chi connectivity index (χ2n) is 10.0. The molecule has 3 aromatic heterocycles. The van der Waals surface area contributed by atoms with Crippen LogP contribution in [0.4, 0.5) is 0 Å². The van der Waals surface area contributed by atoms with Crippen LogP contribution in [0.1, 0.15) is 25.0 Å². The first-order chi connectivity index (χ1) is 17.2. The molecule has 0 spiro atoms. The molecule has 0 unspecified atom stereocenters. The fraction of sp³-hybridized carbons (Fsp3) is 0.0938. The van der Waals surface area contributed by atoms with Crippen molar-refractivity contribution in [2.45, 2.75) is 19.3 Å². The number of fused-ring (bicyclic) bond motifs is 12. The fourth-order valence-corrected chi connectivity index (χ4v) is 6.45. The molecule has 0 radical (unpaired) electrons. The fourth-order valence-electron chi connectivity index (χ4n) is 6.45. The topological polar surface area (TPSA) is 31.0 Å². The van der Waals surface area contributed by atoms with Gasteiger partial charge in [0.05, 0.1) is 22.9 Å². The van der Waals surface area contributed by atoms with Crippen molar-refractivity contribution in [1.82, 2.24) is 9.55 Å². The minimum atomic E-state index is -0.150. The van der Waals surface area contributed by atoms with E-state index in [1.165, 1.54) is 43.8 Å². The largest absolute Gasteiger partial charge is 0.454 e. The first-order valence-electron chi connectivity index (χ1n) is 12.1. The Balaban J connectivity index is 1.76. The van der Waals surface area contributed by atoms with Crippen LogP contribution in [-0.4, -0.2) is 9.55 Å². The predicted octanol–water partition coefficient (Wildman–Crippen LogP) is 8.38. The molecule has 0 saturated heterocycles. The maximum Gasteiger partial charge on any atom is 0.160 e. The SMILES string of the molecule is CC1(C)c2ccccc2-c2c1c1c3ccccc3oc1c1c2c2ccccc2n1-c1cccnc1. The third-order valence-corrected chi connectivity index (χ3v) is 7.83. The molecule has 3 heteroatoms. The van der Waals surface area contributed by atoms with Gasteiger partial charge in [-0.2, -0.15) is 0 Å². The summed E-state index contributed by atoms with van der Waals surface area (Å²) in [5.41, 5.74) is 10.4. The summed E-state index contributed by atoms with van der Waals surface area (Å²) in [4.78, 5) is 4.46. The summed E-state index contributed by atoms with van der Waals surface area (Å²) in [7, 11) is 0. The molecule has 0 aliphatic heterocycles. The van der Waals surface area contributed by atoms with Crippen molar-refractivity contribution in [3.8, 4) is 16.8 Å². The molecule has 0 saturated carbocycles. The molecular formula is C32H22N2O. The summed E-state index contributed by atoms with van der Waals surface area (Å²) < 4.78 is 9.06. The molecule has 0 fully saturated rings. The van der Waals surface area contributed by atoms with Crippen LogP contribution in [0.15, 0.2) is 102 Å². The number of aromatic nitrogens is 2. The van der Waals surface area contributed by atoms with Gasteiger partial charge in [-0.25, -0.2) is 0 Å². The van der Waals surface area contributed by atoms with Crippen LogP contribution in [-0.2, 0) is 5.41 Å².